The normalized spacial score (nSPS) is 19.7. The van der Waals surface area contributed by atoms with Crippen molar-refractivity contribution in [1.29, 1.82) is 0 Å². The highest BCUT2D eigenvalue weighted by Crippen LogP contribution is 2.23. The first-order valence-corrected chi connectivity index (χ1v) is 11.4. The summed E-state index contributed by atoms with van der Waals surface area (Å²) in [5.74, 6) is -0.537. The van der Waals surface area contributed by atoms with E-state index in [-0.39, 0.29) is 49.3 Å². The van der Waals surface area contributed by atoms with E-state index in [1.54, 1.807) is 16.5 Å². The fourth-order valence-corrected chi connectivity index (χ4v) is 4.43. The summed E-state index contributed by atoms with van der Waals surface area (Å²) in [5, 5.41) is 7.90. The van der Waals surface area contributed by atoms with Gasteiger partial charge >= 0.3 is 0 Å². The quantitative estimate of drug-likeness (QED) is 0.636. The molecule has 0 unspecified atom stereocenters. The molecule has 2 aliphatic rings. The van der Waals surface area contributed by atoms with E-state index in [1.807, 2.05) is 0 Å². The minimum Gasteiger partial charge on any atom is -0.376 e. The molecule has 1 atom stereocenters. The van der Waals surface area contributed by atoms with Crippen molar-refractivity contribution in [3.8, 4) is 0 Å². The van der Waals surface area contributed by atoms with Crippen LogP contribution in [0.5, 0.6) is 0 Å². The van der Waals surface area contributed by atoms with Crippen molar-refractivity contribution < 1.29 is 19.1 Å². The van der Waals surface area contributed by atoms with E-state index < -0.39 is 0 Å². The summed E-state index contributed by atoms with van der Waals surface area (Å²) in [4.78, 5) is 43.1. The van der Waals surface area contributed by atoms with Crippen molar-refractivity contribution in [2.24, 2.45) is 0 Å². The monoisotopic (exact) mass is 422 g/mol. The highest BCUT2D eigenvalue weighted by atomic mass is 32.1. The van der Waals surface area contributed by atoms with Crippen molar-refractivity contribution in [1.82, 2.24) is 15.2 Å². The molecule has 0 radical (unpaired) electrons. The van der Waals surface area contributed by atoms with Gasteiger partial charge in [0.2, 0.25) is 17.7 Å². The summed E-state index contributed by atoms with van der Waals surface area (Å²) >= 11 is 1.34. The molecule has 1 aromatic heterocycles. The van der Waals surface area contributed by atoms with Crippen LogP contribution in [0, 0.1) is 0 Å². The number of hydrogen-bond donors (Lipinski definition) is 2. The lowest BCUT2D eigenvalue weighted by Gasteiger charge is -2.34. The molecule has 8 nitrogen and oxygen atoms in total. The van der Waals surface area contributed by atoms with Gasteiger partial charge in [-0.2, -0.15) is 0 Å². The average molecular weight is 423 g/mol. The summed E-state index contributed by atoms with van der Waals surface area (Å²) in [6, 6.07) is 0.0757. The molecule has 3 rings (SSSR count). The molecule has 1 aliphatic heterocycles. The molecular weight excluding hydrogens is 392 g/mol. The third-order valence-corrected chi connectivity index (χ3v) is 6.13. The fraction of sp³-hybridized carbons (Fsp3) is 0.700. The van der Waals surface area contributed by atoms with Crippen LogP contribution in [-0.4, -0.2) is 59.4 Å². The Morgan fingerprint density at radius 3 is 2.62 bits per heavy atom. The number of ether oxygens (including phenoxy) is 1. The van der Waals surface area contributed by atoms with Crippen molar-refractivity contribution >= 4 is 34.2 Å². The van der Waals surface area contributed by atoms with E-state index in [4.69, 9.17) is 4.74 Å². The Morgan fingerprint density at radius 1 is 1.10 bits per heavy atom. The van der Waals surface area contributed by atoms with Crippen LogP contribution in [0.2, 0.25) is 0 Å². The number of nitrogens with zero attached hydrogens (tertiary/aromatic N) is 2. The second-order valence-electron chi connectivity index (χ2n) is 7.64. The molecule has 0 spiro atoms. The predicted octanol–water partition coefficient (Wildman–Crippen LogP) is 2.32. The van der Waals surface area contributed by atoms with Gasteiger partial charge in [0.25, 0.3) is 0 Å². The first-order valence-electron chi connectivity index (χ1n) is 10.5. The van der Waals surface area contributed by atoms with Crippen LogP contribution in [0.15, 0.2) is 11.6 Å². The number of thiazole rings is 1. The van der Waals surface area contributed by atoms with Gasteiger partial charge in [-0.1, -0.05) is 19.3 Å². The van der Waals surface area contributed by atoms with Crippen LogP contribution in [0.25, 0.3) is 0 Å². The van der Waals surface area contributed by atoms with Crippen LogP contribution < -0.4 is 10.6 Å². The second kappa shape index (κ2) is 11.3. The molecule has 2 heterocycles. The highest BCUT2D eigenvalue weighted by Gasteiger charge is 2.28. The number of hydrogen-bond acceptors (Lipinski definition) is 6. The lowest BCUT2D eigenvalue weighted by molar-refractivity contribution is -0.139. The first kappa shape index (κ1) is 21.7. The molecule has 0 bridgehead atoms. The summed E-state index contributed by atoms with van der Waals surface area (Å²) < 4.78 is 5.54. The van der Waals surface area contributed by atoms with E-state index in [2.05, 4.69) is 15.6 Å². The van der Waals surface area contributed by atoms with Crippen LogP contribution in [0.3, 0.4) is 0 Å². The Labute approximate surface area is 175 Å². The van der Waals surface area contributed by atoms with Gasteiger partial charge in [-0.05, 0) is 25.7 Å². The van der Waals surface area contributed by atoms with Crippen LogP contribution in [-0.2, 0) is 19.1 Å². The Bertz CT molecular complexity index is 670. The van der Waals surface area contributed by atoms with E-state index in [0.29, 0.717) is 11.7 Å². The molecule has 0 aromatic carbocycles. The Balaban J connectivity index is 1.50. The minimum absolute atomic E-state index is 0.0460. The maximum atomic E-state index is 12.9. The third kappa shape index (κ3) is 7.08. The molecule has 9 heteroatoms. The lowest BCUT2D eigenvalue weighted by atomic mass is 9.94. The van der Waals surface area contributed by atoms with Gasteiger partial charge in [-0.25, -0.2) is 4.98 Å². The molecule has 1 aromatic rings. The zero-order valence-corrected chi connectivity index (χ0v) is 17.5. The standard InChI is InChI=1S/C20H30N4O4S/c25-17(23-20-21-10-12-29-20)8-9-19(27)24(15-5-2-1-3-6-15)14-18(26)22-13-16-7-4-11-28-16/h10,12,15-16H,1-9,11,13-14H2,(H,22,26)(H,21,23,25)/t16-/m0/s1. The van der Waals surface area contributed by atoms with Gasteiger partial charge in [0, 0.05) is 43.6 Å². The van der Waals surface area contributed by atoms with E-state index >= 15 is 0 Å². The van der Waals surface area contributed by atoms with Crippen molar-refractivity contribution in [2.75, 3.05) is 25.0 Å². The highest BCUT2D eigenvalue weighted by molar-refractivity contribution is 7.13. The number of carbonyl (C=O) groups excluding carboxylic acids is 3. The SMILES string of the molecule is O=C(CN(C(=O)CCC(=O)Nc1nccs1)C1CCCCC1)NC[C@@H]1CCCO1. The van der Waals surface area contributed by atoms with Gasteiger partial charge in [0.15, 0.2) is 5.13 Å². The van der Waals surface area contributed by atoms with Crippen molar-refractivity contribution in [2.45, 2.75) is 69.9 Å². The van der Waals surface area contributed by atoms with Gasteiger partial charge < -0.3 is 20.3 Å². The number of carbonyl (C=O) groups is 3. The largest absolute Gasteiger partial charge is 0.376 e. The number of aromatic nitrogens is 1. The maximum Gasteiger partial charge on any atom is 0.239 e. The molecule has 160 valence electrons. The van der Waals surface area contributed by atoms with E-state index in [0.717, 1.165) is 45.1 Å². The van der Waals surface area contributed by atoms with Crippen LogP contribution in [0.4, 0.5) is 5.13 Å². The van der Waals surface area contributed by atoms with E-state index in [9.17, 15) is 14.4 Å². The topological polar surface area (TPSA) is 101 Å². The molecule has 2 N–H and O–H groups in total. The van der Waals surface area contributed by atoms with Gasteiger partial charge in [0.1, 0.15) is 0 Å². The molecule has 1 aliphatic carbocycles. The third-order valence-electron chi connectivity index (χ3n) is 5.45. The summed E-state index contributed by atoms with van der Waals surface area (Å²) in [6.07, 6.45) is 8.97. The predicted molar refractivity (Wildman–Crippen MR) is 111 cm³/mol. The molecule has 1 saturated carbocycles. The lowest BCUT2D eigenvalue weighted by Crippen LogP contribution is -2.48. The van der Waals surface area contributed by atoms with E-state index in [1.165, 1.54) is 17.8 Å². The Kier molecular flexibility index (Phi) is 8.42. The van der Waals surface area contributed by atoms with Crippen molar-refractivity contribution in [3.63, 3.8) is 0 Å². The van der Waals surface area contributed by atoms with Crippen LogP contribution >= 0.6 is 11.3 Å². The van der Waals surface area contributed by atoms with Gasteiger partial charge in [-0.3, -0.25) is 14.4 Å². The molecule has 2 fully saturated rings. The van der Waals surface area contributed by atoms with Gasteiger partial charge in [0.05, 0.1) is 12.6 Å². The Morgan fingerprint density at radius 2 is 1.93 bits per heavy atom. The molecule has 3 amide bonds. The zero-order chi connectivity index (χ0) is 20.5. The fourth-order valence-electron chi connectivity index (χ4n) is 3.89. The average Bonchev–Trinajstić information content (AvgIpc) is 3.43. The number of anilines is 1. The molecular formula is C20H30N4O4S. The first-order chi connectivity index (χ1) is 14.1. The maximum absolute atomic E-state index is 12.9. The number of nitrogens with one attached hydrogen (secondary N) is 2. The summed E-state index contributed by atoms with van der Waals surface area (Å²) in [5.41, 5.74) is 0. The van der Waals surface area contributed by atoms with Crippen LogP contribution in [0.1, 0.15) is 57.8 Å². The molecule has 29 heavy (non-hydrogen) atoms. The zero-order valence-electron chi connectivity index (χ0n) is 16.7. The second-order valence-corrected chi connectivity index (χ2v) is 8.53. The van der Waals surface area contributed by atoms with Crippen molar-refractivity contribution in [3.05, 3.63) is 11.6 Å². The minimum atomic E-state index is -0.236. The number of rotatable bonds is 9. The van der Waals surface area contributed by atoms with Gasteiger partial charge in [-0.15, -0.1) is 11.3 Å². The number of amides is 3. The molecule has 1 saturated heterocycles. The summed E-state index contributed by atoms with van der Waals surface area (Å²) in [7, 11) is 0. The summed E-state index contributed by atoms with van der Waals surface area (Å²) in [6.45, 7) is 1.28. The Hall–Kier alpha value is -2.00. The smallest absolute Gasteiger partial charge is 0.239 e.